The van der Waals surface area contributed by atoms with E-state index in [-0.39, 0.29) is 0 Å². The van der Waals surface area contributed by atoms with Gasteiger partial charge in [-0.1, -0.05) is 104 Å². The van der Waals surface area contributed by atoms with Crippen molar-refractivity contribution in [3.05, 3.63) is 107 Å². The third-order valence-electron chi connectivity index (χ3n) is 5.41. The largest absolute Gasteiger partial charge is 0.0911 e. The van der Waals surface area contributed by atoms with E-state index in [1.165, 1.54) is 43.4 Å². The molecule has 27 heavy (non-hydrogen) atoms. The third-order valence-corrected chi connectivity index (χ3v) is 5.41. The Morgan fingerprint density at radius 2 is 1.22 bits per heavy atom. The van der Waals surface area contributed by atoms with Gasteiger partial charge in [-0.25, -0.2) is 0 Å². The molecular formula is C27H20. The summed E-state index contributed by atoms with van der Waals surface area (Å²) in [5.41, 5.74) is 2.81. The molecule has 5 aromatic rings. The van der Waals surface area contributed by atoms with E-state index in [1.54, 1.807) is 0 Å². The van der Waals surface area contributed by atoms with Gasteiger partial charge in [-0.2, -0.15) is 0 Å². The number of hydrogen-bond acceptors (Lipinski definition) is 0. The highest BCUT2D eigenvalue weighted by atomic mass is 14.1. The molecule has 0 heteroatoms. The number of hydrogen-bond donors (Lipinski definition) is 0. The summed E-state index contributed by atoms with van der Waals surface area (Å²) in [6.07, 6.45) is 5.53. The van der Waals surface area contributed by atoms with Crippen molar-refractivity contribution in [1.82, 2.24) is 0 Å². The van der Waals surface area contributed by atoms with Crippen molar-refractivity contribution in [1.29, 1.82) is 0 Å². The smallest absolute Gasteiger partial charge is 0.00331 e. The topological polar surface area (TPSA) is 0 Å². The molecule has 5 aromatic carbocycles. The summed E-state index contributed by atoms with van der Waals surface area (Å²) >= 11 is 0. The minimum absolute atomic E-state index is 1.08. The van der Waals surface area contributed by atoms with Crippen LogP contribution in [0.4, 0.5) is 0 Å². The summed E-state index contributed by atoms with van der Waals surface area (Å²) in [5, 5.41) is 9.10. The van der Waals surface area contributed by atoms with E-state index < -0.39 is 0 Å². The number of rotatable bonds is 0. The second kappa shape index (κ2) is 6.41. The Hall–Kier alpha value is -3.38. The lowest BCUT2D eigenvalue weighted by atomic mass is 9.93. The highest BCUT2D eigenvalue weighted by Gasteiger charge is 2.06. The Labute approximate surface area is 159 Å². The van der Waals surface area contributed by atoms with Crippen molar-refractivity contribution in [3.8, 4) is 0 Å². The molecule has 0 N–H and O–H groups in total. The minimum atomic E-state index is 1.08. The molecule has 6 rings (SSSR count). The molecule has 128 valence electrons. The van der Waals surface area contributed by atoms with Crippen LogP contribution in [0, 0.1) is 0 Å². The molecule has 0 atom stereocenters. The van der Waals surface area contributed by atoms with Gasteiger partial charge in [0.05, 0.1) is 0 Å². The lowest BCUT2D eigenvalue weighted by Crippen LogP contribution is -1.98. The average Bonchev–Trinajstić information content (AvgIpc) is 2.72. The summed E-state index contributed by atoms with van der Waals surface area (Å²) < 4.78 is 0. The molecule has 0 bridgehead atoms. The Morgan fingerprint density at radius 3 is 2.04 bits per heavy atom. The Kier molecular flexibility index (Phi) is 3.76. The predicted molar refractivity (Wildman–Crippen MR) is 119 cm³/mol. The van der Waals surface area contributed by atoms with Crippen LogP contribution in [0.2, 0.25) is 0 Å². The zero-order chi connectivity index (χ0) is 18.2. The summed E-state index contributed by atoms with van der Waals surface area (Å²) in [7, 11) is 0. The molecule has 1 aliphatic carbocycles. The van der Waals surface area contributed by atoms with Gasteiger partial charge in [-0.3, -0.25) is 0 Å². The minimum Gasteiger partial charge on any atom is -0.0911 e. The van der Waals surface area contributed by atoms with E-state index in [2.05, 4.69) is 104 Å². The fourth-order valence-corrected chi connectivity index (χ4v) is 4.13. The van der Waals surface area contributed by atoms with Crippen LogP contribution in [0.3, 0.4) is 0 Å². The van der Waals surface area contributed by atoms with Crippen LogP contribution in [-0.2, 0) is 6.42 Å². The Balaban J connectivity index is 0.000000119. The molecule has 0 radical (unpaired) electrons. The van der Waals surface area contributed by atoms with Crippen LogP contribution in [0.15, 0.2) is 91.0 Å². The van der Waals surface area contributed by atoms with E-state index in [0.717, 1.165) is 11.6 Å². The molecule has 0 saturated heterocycles. The maximum atomic E-state index is 4.05. The van der Waals surface area contributed by atoms with Crippen molar-refractivity contribution >= 4 is 45.0 Å². The van der Waals surface area contributed by atoms with E-state index in [9.17, 15) is 0 Å². The first-order valence-corrected chi connectivity index (χ1v) is 9.37. The molecule has 1 aliphatic rings. The van der Waals surface area contributed by atoms with Crippen LogP contribution in [0.25, 0.3) is 45.0 Å². The predicted octanol–water partition coefficient (Wildman–Crippen LogP) is 6.53. The van der Waals surface area contributed by atoms with Gasteiger partial charge in [0.1, 0.15) is 0 Å². The van der Waals surface area contributed by atoms with Crippen molar-refractivity contribution in [2.75, 3.05) is 0 Å². The first kappa shape index (κ1) is 15.8. The van der Waals surface area contributed by atoms with Gasteiger partial charge in [-0.15, -0.1) is 0 Å². The lowest BCUT2D eigenvalue weighted by Gasteiger charge is -2.11. The molecule has 0 aromatic heterocycles. The second-order valence-corrected chi connectivity index (χ2v) is 7.08. The molecule has 0 fully saturated rings. The summed E-state index contributed by atoms with van der Waals surface area (Å²) in [5.74, 6) is 0. The maximum Gasteiger partial charge on any atom is -0.00331 e. The first-order chi connectivity index (χ1) is 13.3. The van der Waals surface area contributed by atoms with E-state index in [1.807, 2.05) is 0 Å². The Bertz CT molecular complexity index is 1330. The molecule has 0 saturated carbocycles. The van der Waals surface area contributed by atoms with Gasteiger partial charge in [0.25, 0.3) is 0 Å². The Morgan fingerprint density at radius 1 is 0.593 bits per heavy atom. The van der Waals surface area contributed by atoms with Gasteiger partial charge in [0, 0.05) is 0 Å². The molecule has 0 spiro atoms. The van der Waals surface area contributed by atoms with Crippen LogP contribution in [-0.4, -0.2) is 0 Å². The van der Waals surface area contributed by atoms with Crippen LogP contribution < -0.4 is 5.22 Å². The van der Waals surface area contributed by atoms with E-state index >= 15 is 0 Å². The maximum absolute atomic E-state index is 4.05. The second-order valence-electron chi connectivity index (χ2n) is 7.08. The van der Waals surface area contributed by atoms with E-state index in [4.69, 9.17) is 0 Å². The molecule has 0 aliphatic heterocycles. The first-order valence-electron chi connectivity index (χ1n) is 9.37. The van der Waals surface area contributed by atoms with Crippen molar-refractivity contribution < 1.29 is 0 Å². The summed E-state index contributed by atoms with van der Waals surface area (Å²) in [6.45, 7) is 4.05. The van der Waals surface area contributed by atoms with Gasteiger partial charge < -0.3 is 0 Å². The van der Waals surface area contributed by atoms with Crippen molar-refractivity contribution in [3.63, 3.8) is 0 Å². The van der Waals surface area contributed by atoms with Crippen molar-refractivity contribution in [2.24, 2.45) is 0 Å². The van der Waals surface area contributed by atoms with E-state index in [0.29, 0.717) is 0 Å². The normalized spacial score (nSPS) is 12.3. The summed E-state index contributed by atoms with van der Waals surface area (Å²) in [6, 6.07) is 30.0. The van der Waals surface area contributed by atoms with Gasteiger partial charge in [0.15, 0.2) is 0 Å². The average molecular weight is 344 g/mol. The molecule has 0 heterocycles. The highest BCUT2D eigenvalue weighted by Crippen LogP contribution is 2.28. The lowest BCUT2D eigenvalue weighted by molar-refractivity contribution is 1.29. The zero-order valence-electron chi connectivity index (χ0n) is 15.2. The molecular weight excluding hydrogens is 324 g/mol. The standard InChI is InChI=1S/C14H10.C13H10/c1-10-8-9-12-5-2-4-11-6-3-7-13(10)14(11)12;1-4-10-6-2-8-12-9-3-7-11(5-1)13(10)12/h2-9H,1H2;1-8H,9H2. The zero-order valence-corrected chi connectivity index (χ0v) is 15.2. The SMILES string of the molecule is C1=Cc2cccc3cccc(c23)C1.C=c1ccc2cccc3cccc1c32. The monoisotopic (exact) mass is 344 g/mol. The highest BCUT2D eigenvalue weighted by molar-refractivity contribution is 6.10. The third kappa shape index (κ3) is 2.71. The summed E-state index contributed by atoms with van der Waals surface area (Å²) in [4.78, 5) is 0. The molecule has 0 nitrogen and oxygen atoms in total. The quantitative estimate of drug-likeness (QED) is 0.299. The van der Waals surface area contributed by atoms with Crippen LogP contribution in [0.5, 0.6) is 0 Å². The number of benzene rings is 5. The van der Waals surface area contributed by atoms with Crippen molar-refractivity contribution in [2.45, 2.75) is 6.42 Å². The van der Waals surface area contributed by atoms with Crippen LogP contribution in [0.1, 0.15) is 11.1 Å². The van der Waals surface area contributed by atoms with Gasteiger partial charge in [0.2, 0.25) is 0 Å². The molecule has 0 amide bonds. The fourth-order valence-electron chi connectivity index (χ4n) is 4.13. The fraction of sp³-hybridized carbons (Fsp3) is 0.0370. The number of allylic oxidation sites excluding steroid dienone is 1. The van der Waals surface area contributed by atoms with Gasteiger partial charge >= 0.3 is 0 Å². The van der Waals surface area contributed by atoms with Crippen LogP contribution >= 0.6 is 0 Å². The molecule has 0 unspecified atom stereocenters. The van der Waals surface area contributed by atoms with Gasteiger partial charge in [-0.05, 0) is 55.1 Å².